The summed E-state index contributed by atoms with van der Waals surface area (Å²) in [5, 5.41) is 11.3. The van der Waals surface area contributed by atoms with Crippen molar-refractivity contribution < 1.29 is 70.8 Å². The second kappa shape index (κ2) is 16.1. The third-order valence-corrected chi connectivity index (χ3v) is 6.72. The van der Waals surface area contributed by atoms with Gasteiger partial charge in [0, 0.05) is 12.6 Å². The molecule has 33 heavy (non-hydrogen) atoms. The zero-order chi connectivity index (χ0) is 22.9. The Balaban J connectivity index is 0.00000512. The number of amides is 1. The maximum atomic E-state index is 13.7. The summed E-state index contributed by atoms with van der Waals surface area (Å²) < 4.78 is 31.4. The number of nitrogens with two attached hydrogens (primary N) is 1. The molecule has 1 aliphatic heterocycles. The van der Waals surface area contributed by atoms with Gasteiger partial charge < -0.3 is 34.5 Å². The Morgan fingerprint density at radius 1 is 1.18 bits per heavy atom. The van der Waals surface area contributed by atoms with E-state index in [1.807, 2.05) is 30.3 Å². The van der Waals surface area contributed by atoms with Crippen molar-refractivity contribution in [1.29, 1.82) is 0 Å². The standard InChI is InChI=1S/C21H32FN2O6P.2Li/c22-17-14-18(21(26)27)24(15-17)20(25)19(11-4-6-12-23)30-31(28,29)13-7-5-10-16-8-2-1-3-9-16;;/h1-3,8-9,17-19H,4-7,10-15,23H2,(H,26,27)(H,28,29);;/q;2*+1/p-2/t17-,18-,19-;;/m0../s1. The summed E-state index contributed by atoms with van der Waals surface area (Å²) in [5.41, 5.74) is 6.56. The molecule has 4 atom stereocenters. The molecule has 12 heteroatoms. The van der Waals surface area contributed by atoms with E-state index in [1.54, 1.807) is 0 Å². The van der Waals surface area contributed by atoms with E-state index >= 15 is 0 Å². The van der Waals surface area contributed by atoms with Crippen LogP contribution in [0.5, 0.6) is 0 Å². The van der Waals surface area contributed by atoms with Crippen LogP contribution in [-0.4, -0.2) is 54.3 Å². The van der Waals surface area contributed by atoms with E-state index in [2.05, 4.69) is 0 Å². The number of carbonyl (C=O) groups is 2. The molecule has 0 spiro atoms. The molecule has 1 heterocycles. The molecule has 1 aromatic rings. The SMILES string of the molecule is NCCCC[C@H](OP(=O)([O-])CCCCc1ccccc1)C(=O)N1C[C@@H](F)C[C@H]1C(=O)[O-].[Li+].[Li+]. The summed E-state index contributed by atoms with van der Waals surface area (Å²) in [7, 11) is -4.36. The van der Waals surface area contributed by atoms with Crippen molar-refractivity contribution in [2.24, 2.45) is 5.73 Å². The zero-order valence-corrected chi connectivity index (χ0v) is 20.4. The first-order valence-electron chi connectivity index (χ1n) is 10.6. The van der Waals surface area contributed by atoms with Crippen molar-refractivity contribution in [3.8, 4) is 0 Å². The van der Waals surface area contributed by atoms with Gasteiger partial charge in [-0.1, -0.05) is 30.3 Å². The van der Waals surface area contributed by atoms with Gasteiger partial charge in [0.05, 0.1) is 18.6 Å². The van der Waals surface area contributed by atoms with Gasteiger partial charge in [-0.2, -0.15) is 0 Å². The maximum Gasteiger partial charge on any atom is 1.00 e. The Hall–Kier alpha value is -0.605. The van der Waals surface area contributed by atoms with Crippen LogP contribution in [0.25, 0.3) is 0 Å². The van der Waals surface area contributed by atoms with Gasteiger partial charge in [0.25, 0.3) is 5.91 Å². The predicted molar refractivity (Wildman–Crippen MR) is 110 cm³/mol. The van der Waals surface area contributed by atoms with Gasteiger partial charge in [0.15, 0.2) is 0 Å². The molecule has 8 nitrogen and oxygen atoms in total. The molecule has 1 aliphatic rings. The van der Waals surface area contributed by atoms with Gasteiger partial charge in [-0.25, -0.2) is 4.39 Å². The molecular formula is C21H30FLi2N2O6P. The first-order chi connectivity index (χ1) is 14.7. The molecule has 0 aliphatic carbocycles. The summed E-state index contributed by atoms with van der Waals surface area (Å²) in [5.74, 6) is -2.41. The van der Waals surface area contributed by atoms with Gasteiger partial charge in [-0.05, 0) is 50.6 Å². The maximum absolute atomic E-state index is 13.7. The van der Waals surface area contributed by atoms with Crippen molar-refractivity contribution in [1.82, 2.24) is 4.90 Å². The molecule has 1 fully saturated rings. The minimum Gasteiger partial charge on any atom is -0.778 e. The Labute approximate surface area is 218 Å². The number of benzene rings is 1. The van der Waals surface area contributed by atoms with Gasteiger partial charge >= 0.3 is 37.7 Å². The quantitative estimate of drug-likeness (QED) is 0.173. The van der Waals surface area contributed by atoms with Crippen LogP contribution in [0.15, 0.2) is 30.3 Å². The number of rotatable bonds is 13. The summed E-state index contributed by atoms with van der Waals surface area (Å²) in [6.07, 6.45) is -0.783. The third-order valence-electron chi connectivity index (χ3n) is 5.28. The van der Waals surface area contributed by atoms with Crippen LogP contribution >= 0.6 is 7.60 Å². The number of nitrogens with zero attached hydrogens (tertiary/aromatic N) is 1. The van der Waals surface area contributed by atoms with Crippen molar-refractivity contribution in [2.75, 3.05) is 19.3 Å². The van der Waals surface area contributed by atoms with Gasteiger partial charge in [0.2, 0.25) is 0 Å². The largest absolute Gasteiger partial charge is 1.00 e. The van der Waals surface area contributed by atoms with Crippen LogP contribution < -0.4 is 53.5 Å². The summed E-state index contributed by atoms with van der Waals surface area (Å²) in [6, 6.07) is 8.22. The average Bonchev–Trinajstić information content (AvgIpc) is 3.13. The van der Waals surface area contributed by atoms with Crippen molar-refractivity contribution in [3.63, 3.8) is 0 Å². The van der Waals surface area contributed by atoms with Crippen LogP contribution in [0.3, 0.4) is 0 Å². The normalized spacial score (nSPS) is 20.3. The van der Waals surface area contributed by atoms with Crippen LogP contribution in [-0.2, 0) is 25.1 Å². The van der Waals surface area contributed by atoms with E-state index in [-0.39, 0.29) is 56.7 Å². The second-order valence-electron chi connectivity index (χ2n) is 7.81. The Morgan fingerprint density at radius 3 is 2.45 bits per heavy atom. The molecule has 2 N–H and O–H groups in total. The molecule has 1 aromatic carbocycles. The number of halogens is 1. The van der Waals surface area contributed by atoms with E-state index in [0.717, 1.165) is 16.9 Å². The zero-order valence-electron chi connectivity index (χ0n) is 19.5. The smallest absolute Gasteiger partial charge is 0.778 e. The number of carboxylic acid groups (broad SMARTS) is 1. The molecule has 1 saturated heterocycles. The fourth-order valence-electron chi connectivity index (χ4n) is 3.66. The van der Waals surface area contributed by atoms with Crippen molar-refractivity contribution >= 4 is 19.5 Å². The number of aliphatic carboxylic acids is 1. The van der Waals surface area contributed by atoms with E-state index < -0.39 is 44.3 Å². The topological polar surface area (TPSA) is 136 Å². The molecule has 0 aromatic heterocycles. The first-order valence-corrected chi connectivity index (χ1v) is 12.3. The molecule has 2 rings (SSSR count). The molecule has 1 unspecified atom stereocenters. The molecule has 174 valence electrons. The first kappa shape index (κ1) is 32.4. The van der Waals surface area contributed by atoms with E-state index in [9.17, 15) is 28.5 Å². The van der Waals surface area contributed by atoms with Gasteiger partial charge in [-0.3, -0.25) is 4.79 Å². The molecular weight excluding hydrogens is 440 g/mol. The fourth-order valence-corrected chi connectivity index (χ4v) is 4.96. The number of unbranched alkanes of at least 4 members (excludes halogenated alkanes) is 2. The number of carboxylic acids is 1. The Bertz CT molecular complexity index is 776. The molecule has 1 amide bonds. The number of aryl methyl sites for hydroxylation is 1. The minimum absolute atomic E-state index is 0. The summed E-state index contributed by atoms with van der Waals surface area (Å²) in [6.45, 7) is -0.0676. The third kappa shape index (κ3) is 11.1. The number of carbonyl (C=O) groups excluding carboxylic acids is 2. The van der Waals surface area contributed by atoms with Crippen LogP contribution in [0.1, 0.15) is 44.1 Å². The number of hydrogen-bond donors (Lipinski definition) is 1. The second-order valence-corrected chi connectivity index (χ2v) is 9.69. The predicted octanol–water partition coefficient (Wildman–Crippen LogP) is -5.23. The fraction of sp³-hybridized carbons (Fsp3) is 0.619. The Kier molecular flexibility index (Phi) is 15.8. The van der Waals surface area contributed by atoms with Crippen molar-refractivity contribution in [3.05, 3.63) is 35.9 Å². The van der Waals surface area contributed by atoms with Crippen LogP contribution in [0.4, 0.5) is 4.39 Å². The number of likely N-dealkylation sites (tertiary alicyclic amines) is 1. The van der Waals surface area contributed by atoms with E-state index in [4.69, 9.17) is 10.3 Å². The van der Waals surface area contributed by atoms with E-state index in [1.165, 1.54) is 0 Å². The number of alkyl halides is 1. The van der Waals surface area contributed by atoms with Crippen molar-refractivity contribution in [2.45, 2.75) is 63.3 Å². The summed E-state index contributed by atoms with van der Waals surface area (Å²) >= 11 is 0. The monoisotopic (exact) mass is 470 g/mol. The molecule has 0 bridgehead atoms. The van der Waals surface area contributed by atoms with Gasteiger partial charge in [-0.15, -0.1) is 0 Å². The number of hydrogen-bond acceptors (Lipinski definition) is 7. The average molecular weight is 470 g/mol. The van der Waals surface area contributed by atoms with Gasteiger partial charge in [0.1, 0.15) is 19.9 Å². The Morgan fingerprint density at radius 2 is 1.85 bits per heavy atom. The summed E-state index contributed by atoms with van der Waals surface area (Å²) in [4.78, 5) is 37.4. The molecule has 0 radical (unpaired) electrons. The van der Waals surface area contributed by atoms with Crippen LogP contribution in [0.2, 0.25) is 0 Å². The van der Waals surface area contributed by atoms with Crippen LogP contribution in [0, 0.1) is 0 Å². The minimum atomic E-state index is -4.36. The van der Waals surface area contributed by atoms with E-state index in [0.29, 0.717) is 32.2 Å². The molecule has 0 saturated carbocycles.